The van der Waals surface area contributed by atoms with E-state index in [1.165, 1.54) is 37.6 Å². The molecule has 252 valence electrons. The number of rotatable bonds is 16. The molecule has 3 N–H and O–H groups in total. The van der Waals surface area contributed by atoms with E-state index >= 15 is 0 Å². The van der Waals surface area contributed by atoms with E-state index in [0.29, 0.717) is 6.04 Å². The Morgan fingerprint density at radius 2 is 1.33 bits per heavy atom. The number of hydrogen-bond donors (Lipinski definition) is 2. The molecule has 4 heterocycles. The molecule has 2 unspecified atom stereocenters. The molecule has 6 rings (SSSR count). The predicted molar refractivity (Wildman–Crippen MR) is 194 cm³/mol. The Balaban J connectivity index is 0.000000184. The lowest BCUT2D eigenvalue weighted by molar-refractivity contribution is 0.126. The van der Waals surface area contributed by atoms with Crippen LogP contribution in [0.15, 0.2) is 59.3 Å². The smallest absolute Gasteiger partial charge is 0.208 e. The van der Waals surface area contributed by atoms with Crippen molar-refractivity contribution in [1.82, 2.24) is 14.5 Å². The largest absolute Gasteiger partial charge is 0.381 e. The number of sulfonamides is 1. The monoisotopic (exact) mass is 686 g/mol. The van der Waals surface area contributed by atoms with Gasteiger partial charge in [-0.1, -0.05) is 24.3 Å². The molecule has 0 aliphatic carbocycles. The van der Waals surface area contributed by atoms with Crippen molar-refractivity contribution in [2.24, 2.45) is 5.73 Å². The molecule has 4 aromatic rings. The van der Waals surface area contributed by atoms with Crippen LogP contribution < -0.4 is 10.5 Å². The molecule has 2 aliphatic rings. The number of nitrogens with one attached hydrogen (secondary N) is 1. The fraction of sp³-hybridized carbons (Fsp3) is 0.543. The van der Waals surface area contributed by atoms with E-state index in [0.717, 1.165) is 104 Å². The number of benzene rings is 2. The van der Waals surface area contributed by atoms with Gasteiger partial charge < -0.3 is 25.0 Å². The summed E-state index contributed by atoms with van der Waals surface area (Å²) >= 11 is 3.57. The zero-order valence-electron chi connectivity index (χ0n) is 27.1. The van der Waals surface area contributed by atoms with Gasteiger partial charge in [-0.2, -0.15) is 0 Å². The second-order valence-corrected chi connectivity index (χ2v) is 16.2. The van der Waals surface area contributed by atoms with Gasteiger partial charge in [0.05, 0.1) is 19.5 Å². The van der Waals surface area contributed by atoms with E-state index in [2.05, 4.69) is 73.8 Å². The van der Waals surface area contributed by atoms with Crippen molar-refractivity contribution in [2.75, 3.05) is 72.0 Å². The van der Waals surface area contributed by atoms with Gasteiger partial charge >= 0.3 is 0 Å². The molecule has 2 atom stereocenters. The molecule has 46 heavy (non-hydrogen) atoms. The van der Waals surface area contributed by atoms with E-state index in [9.17, 15) is 8.42 Å². The first-order valence-electron chi connectivity index (χ1n) is 16.6. The van der Waals surface area contributed by atoms with Crippen LogP contribution in [0.2, 0.25) is 0 Å². The lowest BCUT2D eigenvalue weighted by Gasteiger charge is -2.16. The maximum Gasteiger partial charge on any atom is 0.208 e. The minimum Gasteiger partial charge on any atom is -0.381 e. The van der Waals surface area contributed by atoms with Gasteiger partial charge in [-0.15, -0.1) is 22.7 Å². The third-order valence-electron chi connectivity index (χ3n) is 8.59. The van der Waals surface area contributed by atoms with Crippen LogP contribution in [0.25, 0.3) is 20.2 Å². The van der Waals surface area contributed by atoms with Crippen LogP contribution >= 0.6 is 22.7 Å². The summed E-state index contributed by atoms with van der Waals surface area (Å²) < 4.78 is 39.4. The molecule has 2 aliphatic heterocycles. The average molecular weight is 687 g/mol. The molecule has 0 spiro atoms. The van der Waals surface area contributed by atoms with Crippen LogP contribution in [-0.4, -0.2) is 102 Å². The van der Waals surface area contributed by atoms with Crippen molar-refractivity contribution >= 4 is 52.9 Å². The molecule has 11 heteroatoms. The molecule has 0 saturated carbocycles. The highest BCUT2D eigenvalue weighted by molar-refractivity contribution is 7.88. The maximum absolute atomic E-state index is 11.3. The summed E-state index contributed by atoms with van der Waals surface area (Å²) in [7, 11) is -3.10. The number of nitrogens with zero attached hydrogens (tertiary/aromatic N) is 2. The fourth-order valence-corrected chi connectivity index (χ4v) is 8.55. The molecular formula is C35H50N4O4S3. The Morgan fingerprint density at radius 1 is 0.783 bits per heavy atom. The van der Waals surface area contributed by atoms with Gasteiger partial charge in [-0.3, -0.25) is 0 Å². The molecule has 2 saturated heterocycles. The third-order valence-corrected chi connectivity index (χ3v) is 11.1. The first-order chi connectivity index (χ1) is 22.3. The Hall–Kier alpha value is -1.93. The highest BCUT2D eigenvalue weighted by atomic mass is 32.2. The number of thiophene rings is 2. The Kier molecular flexibility index (Phi) is 13.8. The minimum atomic E-state index is -3.10. The van der Waals surface area contributed by atoms with E-state index in [4.69, 9.17) is 15.2 Å². The fourth-order valence-electron chi connectivity index (χ4n) is 6.21. The number of hydrogen-bond acceptors (Lipinski definition) is 9. The van der Waals surface area contributed by atoms with Crippen LogP contribution in [0, 0.1) is 0 Å². The maximum atomic E-state index is 11.3. The lowest BCUT2D eigenvalue weighted by atomic mass is 10.1. The van der Waals surface area contributed by atoms with E-state index in [1.54, 1.807) is 22.7 Å². The molecule has 2 aromatic carbocycles. The zero-order valence-corrected chi connectivity index (χ0v) is 29.5. The van der Waals surface area contributed by atoms with E-state index < -0.39 is 10.0 Å². The van der Waals surface area contributed by atoms with Crippen LogP contribution in [0.3, 0.4) is 0 Å². The van der Waals surface area contributed by atoms with Crippen molar-refractivity contribution in [3.63, 3.8) is 0 Å². The summed E-state index contributed by atoms with van der Waals surface area (Å²) in [6.45, 7) is 9.21. The van der Waals surface area contributed by atoms with Gasteiger partial charge in [-0.05, 0) is 109 Å². The van der Waals surface area contributed by atoms with Crippen LogP contribution in [-0.2, 0) is 32.3 Å². The molecule has 2 fully saturated rings. The predicted octanol–water partition coefficient (Wildman–Crippen LogP) is 5.36. The van der Waals surface area contributed by atoms with Crippen molar-refractivity contribution < 1.29 is 17.9 Å². The summed E-state index contributed by atoms with van der Waals surface area (Å²) in [5.41, 5.74) is 8.59. The Morgan fingerprint density at radius 3 is 1.85 bits per heavy atom. The second kappa shape index (κ2) is 18.0. The van der Waals surface area contributed by atoms with Gasteiger partial charge in [0.15, 0.2) is 0 Å². The molecule has 0 amide bonds. The van der Waals surface area contributed by atoms with Crippen molar-refractivity contribution in [2.45, 2.75) is 50.6 Å². The summed E-state index contributed by atoms with van der Waals surface area (Å²) in [5.74, 6) is 0. The van der Waals surface area contributed by atoms with Gasteiger partial charge in [0.2, 0.25) is 10.0 Å². The van der Waals surface area contributed by atoms with E-state index in [1.807, 2.05) is 0 Å². The molecule has 2 aromatic heterocycles. The first kappa shape index (κ1) is 35.4. The average Bonchev–Trinajstić information content (AvgIpc) is 3.84. The summed E-state index contributed by atoms with van der Waals surface area (Å²) in [6.07, 6.45) is 7.28. The van der Waals surface area contributed by atoms with Crippen LogP contribution in [0.1, 0.15) is 36.8 Å². The molecule has 8 nitrogen and oxygen atoms in total. The summed E-state index contributed by atoms with van der Waals surface area (Å²) in [6, 6.07) is 18.1. The SMILES string of the molecule is CS(=O)(=O)NC1CCN(CCCOCCc2ccc3sccc3c2)C1.NC1CCN(CCCOCCc2ccc3sccc3c2)C1. The quantitative estimate of drug-likeness (QED) is 0.153. The first-order valence-corrected chi connectivity index (χ1v) is 20.2. The van der Waals surface area contributed by atoms with Gasteiger partial charge in [-0.25, -0.2) is 13.1 Å². The number of ether oxygens (including phenoxy) is 2. The van der Waals surface area contributed by atoms with Crippen LogP contribution in [0.5, 0.6) is 0 Å². The topological polar surface area (TPSA) is 97.1 Å². The summed E-state index contributed by atoms with van der Waals surface area (Å²) in [4.78, 5) is 4.75. The number of likely N-dealkylation sites (tertiary alicyclic amines) is 2. The van der Waals surface area contributed by atoms with Crippen molar-refractivity contribution in [3.05, 3.63) is 70.4 Å². The molecule has 0 radical (unpaired) electrons. The highest BCUT2D eigenvalue weighted by Crippen LogP contribution is 2.23. The summed E-state index contributed by atoms with van der Waals surface area (Å²) in [5, 5.41) is 6.94. The number of fused-ring (bicyclic) bond motifs is 2. The van der Waals surface area contributed by atoms with Crippen LogP contribution in [0.4, 0.5) is 0 Å². The second-order valence-electron chi connectivity index (χ2n) is 12.5. The van der Waals surface area contributed by atoms with Gasteiger partial charge in [0.25, 0.3) is 0 Å². The third kappa shape index (κ3) is 11.9. The van der Waals surface area contributed by atoms with Gasteiger partial charge in [0, 0.05) is 60.9 Å². The van der Waals surface area contributed by atoms with Gasteiger partial charge in [0.1, 0.15) is 0 Å². The standard InChI is InChI=1S/C18H26N2O3S2.C17H24N2OS/c1-25(21,22)19-17-5-9-20(14-17)8-2-10-23-11-6-15-3-4-18-16(13-15)7-12-24-18;18-16-4-8-19(13-16)7-1-9-20-10-5-14-2-3-17-15(12-14)6-11-21-17/h3-4,7,12-13,17,19H,2,5-6,8-11,14H2,1H3;2-3,6,11-12,16H,1,4-5,7-10,13,18H2. The van der Waals surface area contributed by atoms with Crippen molar-refractivity contribution in [3.8, 4) is 0 Å². The van der Waals surface area contributed by atoms with Crippen molar-refractivity contribution in [1.29, 1.82) is 0 Å². The Bertz CT molecular complexity index is 1590. The zero-order chi connectivity index (χ0) is 32.2. The minimum absolute atomic E-state index is 0.0583. The number of nitrogens with two attached hydrogens (primary N) is 1. The normalized spacial score (nSPS) is 19.3. The molecular weight excluding hydrogens is 637 g/mol. The van der Waals surface area contributed by atoms with E-state index in [-0.39, 0.29) is 6.04 Å². The lowest BCUT2D eigenvalue weighted by Crippen LogP contribution is -2.36. The highest BCUT2D eigenvalue weighted by Gasteiger charge is 2.24. The Labute approximate surface area is 282 Å². The molecule has 0 bridgehead atoms.